The van der Waals surface area contributed by atoms with Crippen molar-refractivity contribution < 1.29 is 0 Å². The Morgan fingerprint density at radius 3 is 2.68 bits per heavy atom. The highest BCUT2D eigenvalue weighted by atomic mass is 15.1. The molecule has 0 aliphatic carbocycles. The van der Waals surface area contributed by atoms with Crippen LogP contribution in [0.5, 0.6) is 0 Å². The van der Waals surface area contributed by atoms with E-state index in [0.29, 0.717) is 11.5 Å². The molecule has 1 saturated heterocycles. The first-order chi connectivity index (χ1) is 9.07. The molecule has 0 bridgehead atoms. The summed E-state index contributed by atoms with van der Waals surface area (Å²) in [5, 5.41) is 3.44. The maximum atomic E-state index is 3.44. The first-order valence-corrected chi connectivity index (χ1v) is 7.58. The third-order valence-corrected chi connectivity index (χ3v) is 4.31. The molecule has 1 aliphatic rings. The van der Waals surface area contributed by atoms with Gasteiger partial charge < -0.3 is 10.2 Å². The SMILES string of the molecule is CCC(NC)c1ccccc1N1CCCC(C)(C)C1. The largest absolute Gasteiger partial charge is 0.371 e. The van der Waals surface area contributed by atoms with Gasteiger partial charge in [-0.3, -0.25) is 0 Å². The number of anilines is 1. The Bertz CT molecular complexity index is 407. The van der Waals surface area contributed by atoms with Gasteiger partial charge in [-0.1, -0.05) is 39.0 Å². The number of hydrogen-bond donors (Lipinski definition) is 1. The average Bonchev–Trinajstić information content (AvgIpc) is 2.39. The Balaban J connectivity index is 2.29. The lowest BCUT2D eigenvalue weighted by Crippen LogP contribution is -2.40. The van der Waals surface area contributed by atoms with Crippen molar-refractivity contribution in [2.24, 2.45) is 5.41 Å². The van der Waals surface area contributed by atoms with Gasteiger partial charge in [0.15, 0.2) is 0 Å². The standard InChI is InChI=1S/C17H28N2/c1-5-15(18-4)14-9-6-7-10-16(14)19-12-8-11-17(2,3)13-19/h6-7,9-10,15,18H,5,8,11-13H2,1-4H3. The van der Waals surface area contributed by atoms with E-state index in [9.17, 15) is 0 Å². The highest BCUT2D eigenvalue weighted by molar-refractivity contribution is 5.55. The Hall–Kier alpha value is -1.02. The van der Waals surface area contributed by atoms with Crippen molar-refractivity contribution >= 4 is 5.69 Å². The van der Waals surface area contributed by atoms with E-state index in [1.54, 1.807) is 0 Å². The lowest BCUT2D eigenvalue weighted by Gasteiger charge is -2.40. The fraction of sp³-hybridized carbons (Fsp3) is 0.647. The molecule has 2 rings (SSSR count). The van der Waals surface area contributed by atoms with E-state index < -0.39 is 0 Å². The molecule has 0 amide bonds. The van der Waals surface area contributed by atoms with Crippen LogP contribution in [0.1, 0.15) is 51.6 Å². The Labute approximate surface area is 118 Å². The number of piperidine rings is 1. The summed E-state index contributed by atoms with van der Waals surface area (Å²) < 4.78 is 0. The maximum Gasteiger partial charge on any atom is 0.0414 e. The summed E-state index contributed by atoms with van der Waals surface area (Å²) in [6, 6.07) is 9.36. The zero-order valence-corrected chi connectivity index (χ0v) is 12.9. The monoisotopic (exact) mass is 260 g/mol. The van der Waals surface area contributed by atoms with Gasteiger partial charge in [0.25, 0.3) is 0 Å². The van der Waals surface area contributed by atoms with Crippen LogP contribution in [0.15, 0.2) is 24.3 Å². The Morgan fingerprint density at radius 1 is 1.32 bits per heavy atom. The third kappa shape index (κ3) is 3.30. The number of benzene rings is 1. The molecule has 1 fully saturated rings. The molecular weight excluding hydrogens is 232 g/mol. The molecule has 1 aliphatic heterocycles. The van der Waals surface area contributed by atoms with Crippen molar-refractivity contribution in [3.8, 4) is 0 Å². The summed E-state index contributed by atoms with van der Waals surface area (Å²) in [5.74, 6) is 0. The minimum atomic E-state index is 0.437. The molecule has 1 aromatic carbocycles. The molecule has 1 aromatic rings. The average molecular weight is 260 g/mol. The van der Waals surface area contributed by atoms with Crippen molar-refractivity contribution in [3.63, 3.8) is 0 Å². The zero-order chi connectivity index (χ0) is 13.9. The van der Waals surface area contributed by atoms with Crippen molar-refractivity contribution in [1.29, 1.82) is 0 Å². The molecule has 0 spiro atoms. The second-order valence-corrected chi connectivity index (χ2v) is 6.50. The summed E-state index contributed by atoms with van der Waals surface area (Å²) in [5.41, 5.74) is 3.31. The number of para-hydroxylation sites is 1. The van der Waals surface area contributed by atoms with E-state index in [0.717, 1.165) is 6.42 Å². The summed E-state index contributed by atoms with van der Waals surface area (Å²) in [6.07, 6.45) is 3.78. The summed E-state index contributed by atoms with van der Waals surface area (Å²) in [7, 11) is 2.06. The molecule has 1 heterocycles. The van der Waals surface area contributed by atoms with E-state index in [4.69, 9.17) is 0 Å². The highest BCUT2D eigenvalue weighted by Crippen LogP contribution is 2.35. The lowest BCUT2D eigenvalue weighted by molar-refractivity contribution is 0.292. The van der Waals surface area contributed by atoms with E-state index in [1.807, 2.05) is 0 Å². The predicted octanol–water partition coefficient (Wildman–Crippen LogP) is 3.98. The third-order valence-electron chi connectivity index (χ3n) is 4.31. The summed E-state index contributed by atoms with van der Waals surface area (Å²) in [4.78, 5) is 2.58. The second-order valence-electron chi connectivity index (χ2n) is 6.50. The van der Waals surface area contributed by atoms with E-state index in [-0.39, 0.29) is 0 Å². The molecule has 2 heteroatoms. The molecule has 0 radical (unpaired) electrons. The van der Waals surface area contributed by atoms with Crippen LogP contribution in [0.25, 0.3) is 0 Å². The highest BCUT2D eigenvalue weighted by Gasteiger charge is 2.28. The molecule has 1 atom stereocenters. The van der Waals surface area contributed by atoms with Crippen molar-refractivity contribution in [2.45, 2.75) is 46.1 Å². The van der Waals surface area contributed by atoms with Gasteiger partial charge in [-0.25, -0.2) is 0 Å². The predicted molar refractivity (Wildman–Crippen MR) is 83.8 cm³/mol. The van der Waals surface area contributed by atoms with Crippen molar-refractivity contribution in [1.82, 2.24) is 5.32 Å². The van der Waals surface area contributed by atoms with Gasteiger partial charge in [0.05, 0.1) is 0 Å². The minimum absolute atomic E-state index is 0.437. The van der Waals surface area contributed by atoms with Crippen LogP contribution in [0.2, 0.25) is 0 Å². The quantitative estimate of drug-likeness (QED) is 0.881. The molecule has 19 heavy (non-hydrogen) atoms. The number of hydrogen-bond acceptors (Lipinski definition) is 2. The van der Waals surface area contributed by atoms with Crippen LogP contribution in [-0.2, 0) is 0 Å². The van der Waals surface area contributed by atoms with Crippen molar-refractivity contribution in [2.75, 3.05) is 25.0 Å². The van der Waals surface area contributed by atoms with Gasteiger partial charge in [0, 0.05) is 24.8 Å². The van der Waals surface area contributed by atoms with E-state index in [2.05, 4.69) is 62.3 Å². The van der Waals surface area contributed by atoms with Gasteiger partial charge in [0.2, 0.25) is 0 Å². The first-order valence-electron chi connectivity index (χ1n) is 7.58. The molecule has 2 nitrogen and oxygen atoms in total. The van der Waals surface area contributed by atoms with E-state index in [1.165, 1.54) is 37.2 Å². The Morgan fingerprint density at radius 2 is 2.05 bits per heavy atom. The molecule has 0 saturated carbocycles. The second kappa shape index (κ2) is 5.96. The van der Waals surface area contributed by atoms with Crippen molar-refractivity contribution in [3.05, 3.63) is 29.8 Å². The summed E-state index contributed by atoms with van der Waals surface area (Å²) >= 11 is 0. The first kappa shape index (κ1) is 14.4. The zero-order valence-electron chi connectivity index (χ0n) is 12.9. The maximum absolute atomic E-state index is 3.44. The van der Waals surface area contributed by atoms with Crippen LogP contribution in [0.4, 0.5) is 5.69 Å². The number of nitrogens with zero attached hydrogens (tertiary/aromatic N) is 1. The topological polar surface area (TPSA) is 15.3 Å². The molecule has 0 aromatic heterocycles. The lowest BCUT2D eigenvalue weighted by atomic mass is 9.83. The van der Waals surface area contributed by atoms with Crippen LogP contribution in [-0.4, -0.2) is 20.1 Å². The fourth-order valence-corrected chi connectivity index (χ4v) is 3.28. The van der Waals surface area contributed by atoms with E-state index >= 15 is 0 Å². The van der Waals surface area contributed by atoms with Gasteiger partial charge >= 0.3 is 0 Å². The normalized spacial score (nSPS) is 20.3. The van der Waals surface area contributed by atoms with Crippen LogP contribution < -0.4 is 10.2 Å². The number of nitrogens with one attached hydrogen (secondary N) is 1. The van der Waals surface area contributed by atoms with Gasteiger partial charge in [-0.2, -0.15) is 0 Å². The molecule has 106 valence electrons. The van der Waals surface area contributed by atoms with Crippen LogP contribution in [0.3, 0.4) is 0 Å². The molecular formula is C17H28N2. The van der Waals surface area contributed by atoms with Gasteiger partial charge in [-0.15, -0.1) is 0 Å². The van der Waals surface area contributed by atoms with Gasteiger partial charge in [-0.05, 0) is 43.4 Å². The smallest absolute Gasteiger partial charge is 0.0414 e. The molecule has 1 N–H and O–H groups in total. The van der Waals surface area contributed by atoms with Gasteiger partial charge in [0.1, 0.15) is 0 Å². The number of rotatable bonds is 4. The van der Waals surface area contributed by atoms with Crippen LogP contribution >= 0.6 is 0 Å². The Kier molecular flexibility index (Phi) is 4.51. The van der Waals surface area contributed by atoms with Crippen LogP contribution in [0, 0.1) is 5.41 Å². The molecule has 1 unspecified atom stereocenters. The summed E-state index contributed by atoms with van der Waals surface area (Å²) in [6.45, 7) is 9.39. The minimum Gasteiger partial charge on any atom is -0.371 e. The fourth-order valence-electron chi connectivity index (χ4n) is 3.28.